The summed E-state index contributed by atoms with van der Waals surface area (Å²) in [6.45, 7) is -0.164. The molecule has 1 fully saturated rings. The van der Waals surface area contributed by atoms with Crippen molar-refractivity contribution in [2.24, 2.45) is 0 Å². The molecule has 7 heteroatoms. The van der Waals surface area contributed by atoms with Gasteiger partial charge in [-0.15, -0.1) is 12.4 Å². The molecule has 0 unspecified atom stereocenters. The van der Waals surface area contributed by atoms with E-state index < -0.39 is 24.3 Å². The minimum atomic E-state index is -4.76. The zero-order valence-corrected chi connectivity index (χ0v) is 7.45. The Kier molecular flexibility index (Phi) is 3.98. The van der Waals surface area contributed by atoms with Gasteiger partial charge in [-0.1, -0.05) is 0 Å². The minimum absolute atomic E-state index is 0. The van der Waals surface area contributed by atoms with E-state index in [2.05, 4.69) is 5.32 Å². The van der Waals surface area contributed by atoms with Gasteiger partial charge in [0.05, 0.1) is 0 Å². The van der Waals surface area contributed by atoms with Gasteiger partial charge in [-0.05, 0) is 6.54 Å². The van der Waals surface area contributed by atoms with Crippen LogP contribution >= 0.6 is 12.4 Å². The molecule has 0 spiro atoms. The number of halogens is 4. The van der Waals surface area contributed by atoms with E-state index in [1.165, 1.54) is 0 Å². The highest BCUT2D eigenvalue weighted by Gasteiger charge is 2.58. The van der Waals surface area contributed by atoms with Crippen LogP contribution in [0.25, 0.3) is 0 Å². The van der Waals surface area contributed by atoms with Crippen LogP contribution < -0.4 is 5.32 Å². The van der Waals surface area contributed by atoms with E-state index in [0.717, 1.165) is 0 Å². The highest BCUT2D eigenvalue weighted by molar-refractivity contribution is 5.85. The third kappa shape index (κ3) is 2.25. The number of hydrogen-bond donors (Lipinski definition) is 3. The van der Waals surface area contributed by atoms with Crippen molar-refractivity contribution in [1.82, 2.24) is 5.32 Å². The van der Waals surface area contributed by atoms with Gasteiger partial charge in [-0.2, -0.15) is 13.2 Å². The second-order valence-electron chi connectivity index (χ2n) is 2.89. The molecule has 80 valence electrons. The van der Waals surface area contributed by atoms with Crippen LogP contribution in [0, 0.1) is 0 Å². The fraction of sp³-hybridized carbons (Fsp3) is 1.00. The summed E-state index contributed by atoms with van der Waals surface area (Å²) in [5.74, 6) is 0. The molecule has 0 aromatic rings. The molecule has 0 aromatic carbocycles. The van der Waals surface area contributed by atoms with Crippen LogP contribution in [0.2, 0.25) is 0 Å². The lowest BCUT2D eigenvalue weighted by Gasteiger charge is -2.38. The average Bonchev–Trinajstić information content (AvgIpc) is 1.93. The van der Waals surface area contributed by atoms with Gasteiger partial charge < -0.3 is 15.5 Å². The SMILES string of the molecule is Cl.O[C@@H]1CNCC[C@@]1(O)C(F)(F)F. The zero-order chi connectivity index (χ0) is 9.41. The Morgan fingerprint density at radius 2 is 1.92 bits per heavy atom. The molecule has 13 heavy (non-hydrogen) atoms. The van der Waals surface area contributed by atoms with Crippen LogP contribution in [0.5, 0.6) is 0 Å². The molecule has 0 aromatic heterocycles. The van der Waals surface area contributed by atoms with Crippen LogP contribution in [0.15, 0.2) is 0 Å². The molecule has 3 nitrogen and oxygen atoms in total. The second-order valence-corrected chi connectivity index (χ2v) is 2.89. The maximum absolute atomic E-state index is 12.1. The summed E-state index contributed by atoms with van der Waals surface area (Å²) in [7, 11) is 0. The molecule has 0 radical (unpaired) electrons. The Morgan fingerprint density at radius 3 is 2.23 bits per heavy atom. The fourth-order valence-corrected chi connectivity index (χ4v) is 1.18. The molecule has 1 saturated heterocycles. The standard InChI is InChI=1S/C6H10F3NO2.ClH/c7-6(8,9)5(12)1-2-10-3-4(5)11;/h4,10-12H,1-3H2;1H/t4-,5+;/m1./s1. The van der Waals surface area contributed by atoms with Gasteiger partial charge in [-0.3, -0.25) is 0 Å². The predicted octanol–water partition coefficient (Wildman–Crippen LogP) is 0.0558. The summed E-state index contributed by atoms with van der Waals surface area (Å²) >= 11 is 0. The van der Waals surface area contributed by atoms with Crippen LogP contribution in [-0.4, -0.2) is 41.2 Å². The molecule has 0 amide bonds. The molecule has 0 bridgehead atoms. The summed E-state index contributed by atoms with van der Waals surface area (Å²) in [6.07, 6.45) is -7.03. The fourth-order valence-electron chi connectivity index (χ4n) is 1.18. The number of rotatable bonds is 0. The molecule has 1 aliphatic rings. The molecule has 0 aliphatic carbocycles. The Bertz CT molecular complexity index is 178. The number of piperidine rings is 1. The van der Waals surface area contributed by atoms with Crippen molar-refractivity contribution >= 4 is 12.4 Å². The highest BCUT2D eigenvalue weighted by Crippen LogP contribution is 2.36. The first-order valence-corrected chi connectivity index (χ1v) is 3.56. The maximum Gasteiger partial charge on any atom is 0.419 e. The smallest absolute Gasteiger partial charge is 0.388 e. The van der Waals surface area contributed by atoms with Gasteiger partial charge in [0.1, 0.15) is 6.10 Å². The van der Waals surface area contributed by atoms with Gasteiger partial charge in [0.25, 0.3) is 0 Å². The van der Waals surface area contributed by atoms with E-state index in [9.17, 15) is 13.2 Å². The number of aliphatic hydroxyl groups is 2. The van der Waals surface area contributed by atoms with Crippen LogP contribution in [0.4, 0.5) is 13.2 Å². The normalized spacial score (nSPS) is 35.3. The third-order valence-electron chi connectivity index (χ3n) is 2.06. The van der Waals surface area contributed by atoms with Crippen molar-refractivity contribution in [2.45, 2.75) is 24.3 Å². The summed E-state index contributed by atoms with van der Waals surface area (Å²) in [4.78, 5) is 0. The number of alkyl halides is 3. The monoisotopic (exact) mass is 221 g/mol. The van der Waals surface area contributed by atoms with Crippen molar-refractivity contribution < 1.29 is 23.4 Å². The molecule has 3 N–H and O–H groups in total. The molecule has 1 rings (SSSR count). The Balaban J connectivity index is 0.00000144. The van der Waals surface area contributed by atoms with Crippen LogP contribution in [0.1, 0.15) is 6.42 Å². The molecule has 0 saturated carbocycles. The number of nitrogens with one attached hydrogen (secondary N) is 1. The Labute approximate surface area is 79.3 Å². The van der Waals surface area contributed by atoms with E-state index >= 15 is 0 Å². The van der Waals surface area contributed by atoms with E-state index in [4.69, 9.17) is 10.2 Å². The summed E-state index contributed by atoms with van der Waals surface area (Å²) in [5, 5.41) is 20.5. The van der Waals surface area contributed by atoms with E-state index in [1.54, 1.807) is 0 Å². The topological polar surface area (TPSA) is 52.5 Å². The first-order chi connectivity index (χ1) is 5.38. The molecule has 2 atom stereocenters. The van der Waals surface area contributed by atoms with Crippen molar-refractivity contribution in [3.63, 3.8) is 0 Å². The van der Waals surface area contributed by atoms with Crippen molar-refractivity contribution in [2.75, 3.05) is 13.1 Å². The summed E-state index contributed by atoms with van der Waals surface area (Å²) in [6, 6.07) is 0. The quantitative estimate of drug-likeness (QED) is 0.542. The molecule has 1 heterocycles. The second kappa shape index (κ2) is 4.00. The van der Waals surface area contributed by atoms with Gasteiger partial charge in [-0.25, -0.2) is 0 Å². The van der Waals surface area contributed by atoms with Gasteiger partial charge in [0.15, 0.2) is 5.60 Å². The van der Waals surface area contributed by atoms with Gasteiger partial charge >= 0.3 is 6.18 Å². The molecular formula is C6H11ClF3NO2. The zero-order valence-electron chi connectivity index (χ0n) is 6.64. The minimum Gasteiger partial charge on any atom is -0.388 e. The first kappa shape index (κ1) is 13.0. The summed E-state index contributed by atoms with van der Waals surface area (Å²) < 4.78 is 36.4. The number of aliphatic hydroxyl groups excluding tert-OH is 1. The average molecular weight is 222 g/mol. The van der Waals surface area contributed by atoms with Gasteiger partial charge in [0, 0.05) is 13.0 Å². The largest absolute Gasteiger partial charge is 0.419 e. The lowest BCUT2D eigenvalue weighted by Crippen LogP contribution is -2.62. The third-order valence-corrected chi connectivity index (χ3v) is 2.06. The lowest BCUT2D eigenvalue weighted by atomic mass is 9.89. The summed E-state index contributed by atoms with van der Waals surface area (Å²) in [5.41, 5.74) is -2.93. The Morgan fingerprint density at radius 1 is 1.38 bits per heavy atom. The maximum atomic E-state index is 12.1. The predicted molar refractivity (Wildman–Crippen MR) is 41.7 cm³/mol. The first-order valence-electron chi connectivity index (χ1n) is 3.56. The lowest BCUT2D eigenvalue weighted by molar-refractivity contribution is -0.296. The van der Waals surface area contributed by atoms with E-state index in [1.807, 2.05) is 0 Å². The van der Waals surface area contributed by atoms with Crippen LogP contribution in [0.3, 0.4) is 0 Å². The van der Waals surface area contributed by atoms with Crippen molar-refractivity contribution in [3.05, 3.63) is 0 Å². The van der Waals surface area contributed by atoms with Crippen LogP contribution in [-0.2, 0) is 0 Å². The number of hydrogen-bond acceptors (Lipinski definition) is 3. The van der Waals surface area contributed by atoms with E-state index in [0.29, 0.717) is 0 Å². The number of β-amino-alcohol motifs (C(OH)–C–C–N with tert-alkyl or cyclic N) is 1. The van der Waals surface area contributed by atoms with Gasteiger partial charge in [0.2, 0.25) is 0 Å². The highest BCUT2D eigenvalue weighted by atomic mass is 35.5. The van der Waals surface area contributed by atoms with Crippen molar-refractivity contribution in [3.8, 4) is 0 Å². The Hall–Kier alpha value is -0.0400. The molecular weight excluding hydrogens is 211 g/mol. The molecule has 1 aliphatic heterocycles. The van der Waals surface area contributed by atoms with E-state index in [-0.39, 0.29) is 25.5 Å². The van der Waals surface area contributed by atoms with Crippen molar-refractivity contribution in [1.29, 1.82) is 0 Å².